The van der Waals surface area contributed by atoms with Gasteiger partial charge in [-0.3, -0.25) is 9.89 Å². The number of rotatable bonds is 3. The molecule has 0 spiro atoms. The molecule has 0 atom stereocenters. The molecule has 1 fully saturated rings. The van der Waals surface area contributed by atoms with E-state index in [-0.39, 0.29) is 6.03 Å². The number of aliphatic imine (C=N–C) groups is 1. The van der Waals surface area contributed by atoms with Crippen LogP contribution in [0.15, 0.2) is 29.0 Å². The van der Waals surface area contributed by atoms with E-state index in [2.05, 4.69) is 16.9 Å². The Bertz CT molecular complexity index is 318. The Balaban J connectivity index is 2.74. The summed E-state index contributed by atoms with van der Waals surface area (Å²) in [7, 11) is 0. The molecule has 0 aliphatic carbocycles. The summed E-state index contributed by atoms with van der Waals surface area (Å²) in [5.41, 5.74) is 1.54. The number of nitrogens with one attached hydrogen (secondary N) is 1. The lowest BCUT2D eigenvalue weighted by atomic mass is 10.3. The summed E-state index contributed by atoms with van der Waals surface area (Å²) in [6.45, 7) is 8.89. The number of allylic oxidation sites excluding steroid dienone is 3. The largest absolute Gasteiger partial charge is 0.338 e. The molecule has 0 radical (unpaired) electrons. The molecule has 1 heterocycles. The van der Waals surface area contributed by atoms with Crippen LogP contribution in [0.3, 0.4) is 0 Å². The molecular formula is C11H17N3O. The van der Waals surface area contributed by atoms with Crippen LogP contribution in [-0.4, -0.2) is 30.2 Å². The summed E-state index contributed by atoms with van der Waals surface area (Å²) in [6, 6.07) is -0.0532. The zero-order valence-electron chi connectivity index (χ0n) is 9.29. The van der Waals surface area contributed by atoms with E-state index in [0.29, 0.717) is 0 Å². The van der Waals surface area contributed by atoms with Crippen LogP contribution in [0.25, 0.3) is 0 Å². The van der Waals surface area contributed by atoms with Gasteiger partial charge in [0.05, 0.1) is 11.9 Å². The first-order chi connectivity index (χ1) is 7.15. The average molecular weight is 207 g/mol. The first-order valence-electron chi connectivity index (χ1n) is 5.06. The number of hydrogen-bond acceptors (Lipinski definition) is 2. The molecule has 0 aromatic rings. The lowest BCUT2D eigenvalue weighted by molar-refractivity contribution is 0.204. The third-order valence-corrected chi connectivity index (χ3v) is 2.10. The summed E-state index contributed by atoms with van der Waals surface area (Å²) < 4.78 is 0. The van der Waals surface area contributed by atoms with Crippen LogP contribution in [0.1, 0.15) is 20.3 Å². The van der Waals surface area contributed by atoms with Gasteiger partial charge < -0.3 is 5.32 Å². The van der Waals surface area contributed by atoms with E-state index >= 15 is 0 Å². The quantitative estimate of drug-likeness (QED) is 0.706. The highest BCUT2D eigenvalue weighted by Gasteiger charge is 2.19. The number of carbonyl (C=O) groups is 1. The molecular weight excluding hydrogens is 190 g/mol. The van der Waals surface area contributed by atoms with Crippen molar-refractivity contribution in [1.29, 1.82) is 0 Å². The van der Waals surface area contributed by atoms with E-state index in [1.54, 1.807) is 11.1 Å². The summed E-state index contributed by atoms with van der Waals surface area (Å²) in [5.74, 6) is 0. The smallest absolute Gasteiger partial charge is 0.321 e. The van der Waals surface area contributed by atoms with Gasteiger partial charge in [-0.2, -0.15) is 0 Å². The molecule has 0 unspecified atom stereocenters. The van der Waals surface area contributed by atoms with Gasteiger partial charge in [-0.15, -0.1) is 0 Å². The highest BCUT2D eigenvalue weighted by Crippen LogP contribution is 2.08. The van der Waals surface area contributed by atoms with Crippen LogP contribution in [0.2, 0.25) is 0 Å². The molecule has 2 amide bonds. The number of carbonyl (C=O) groups excluding carboxylic acids is 1. The van der Waals surface area contributed by atoms with E-state index in [1.165, 1.54) is 0 Å². The van der Waals surface area contributed by atoms with Gasteiger partial charge in [0.1, 0.15) is 0 Å². The summed E-state index contributed by atoms with van der Waals surface area (Å²) in [4.78, 5) is 17.3. The zero-order valence-corrected chi connectivity index (χ0v) is 9.29. The minimum Gasteiger partial charge on any atom is -0.338 e. The summed E-state index contributed by atoms with van der Waals surface area (Å²) in [6.07, 6.45) is 4.51. The molecule has 1 rings (SSSR count). The lowest BCUT2D eigenvalue weighted by Gasteiger charge is -2.27. The minimum absolute atomic E-state index is 0.0532. The van der Waals surface area contributed by atoms with Crippen molar-refractivity contribution in [3.63, 3.8) is 0 Å². The molecule has 82 valence electrons. The Hall–Kier alpha value is -1.58. The molecule has 1 saturated heterocycles. The van der Waals surface area contributed by atoms with Gasteiger partial charge in [-0.05, 0) is 20.3 Å². The number of amides is 2. The van der Waals surface area contributed by atoms with Crippen molar-refractivity contribution in [1.82, 2.24) is 10.2 Å². The zero-order chi connectivity index (χ0) is 11.3. The number of urea groups is 1. The summed E-state index contributed by atoms with van der Waals surface area (Å²) >= 11 is 0. The van der Waals surface area contributed by atoms with Crippen molar-refractivity contribution in [3.8, 4) is 0 Å². The summed E-state index contributed by atoms with van der Waals surface area (Å²) in [5, 5.41) is 2.80. The van der Waals surface area contributed by atoms with Gasteiger partial charge in [-0.1, -0.05) is 12.7 Å². The Kier molecular flexibility index (Phi) is 4.09. The molecule has 1 N–H and O–H groups in total. The van der Waals surface area contributed by atoms with Crippen LogP contribution in [0.4, 0.5) is 4.79 Å². The molecule has 15 heavy (non-hydrogen) atoms. The fraction of sp³-hybridized carbons (Fsp3) is 0.455. The Morgan fingerprint density at radius 1 is 1.67 bits per heavy atom. The average Bonchev–Trinajstić information content (AvgIpc) is 2.21. The van der Waals surface area contributed by atoms with Crippen molar-refractivity contribution in [2.24, 2.45) is 4.99 Å². The second kappa shape index (κ2) is 5.34. The third-order valence-electron chi connectivity index (χ3n) is 2.10. The third kappa shape index (κ3) is 3.23. The molecule has 0 aromatic heterocycles. The molecule has 1 aliphatic rings. The second-order valence-corrected chi connectivity index (χ2v) is 3.44. The topological polar surface area (TPSA) is 44.7 Å². The predicted octanol–water partition coefficient (Wildman–Crippen LogP) is 1.91. The van der Waals surface area contributed by atoms with Gasteiger partial charge >= 0.3 is 6.03 Å². The van der Waals surface area contributed by atoms with Crippen LogP contribution in [-0.2, 0) is 0 Å². The van der Waals surface area contributed by atoms with Gasteiger partial charge in [0.2, 0.25) is 0 Å². The van der Waals surface area contributed by atoms with Crippen molar-refractivity contribution in [2.45, 2.75) is 20.3 Å². The molecule has 1 aliphatic heterocycles. The molecule has 4 heteroatoms. The van der Waals surface area contributed by atoms with Crippen LogP contribution in [0, 0.1) is 0 Å². The number of nitrogens with zero attached hydrogens (tertiary/aromatic N) is 2. The predicted molar refractivity (Wildman–Crippen MR) is 61.8 cm³/mol. The molecule has 4 nitrogen and oxygen atoms in total. The fourth-order valence-corrected chi connectivity index (χ4v) is 1.35. The van der Waals surface area contributed by atoms with Crippen LogP contribution < -0.4 is 5.32 Å². The van der Waals surface area contributed by atoms with Crippen molar-refractivity contribution in [3.05, 3.63) is 24.0 Å². The highest BCUT2D eigenvalue weighted by molar-refractivity contribution is 5.87. The Morgan fingerprint density at radius 3 is 2.93 bits per heavy atom. The van der Waals surface area contributed by atoms with Crippen LogP contribution in [0.5, 0.6) is 0 Å². The maximum atomic E-state index is 11.5. The lowest BCUT2D eigenvalue weighted by Crippen LogP contribution is -2.45. The maximum absolute atomic E-state index is 11.5. The van der Waals surface area contributed by atoms with E-state index in [4.69, 9.17) is 0 Å². The normalized spacial score (nSPS) is 18.1. The first kappa shape index (κ1) is 11.5. The van der Waals surface area contributed by atoms with Gasteiger partial charge in [0.15, 0.2) is 0 Å². The van der Waals surface area contributed by atoms with E-state index in [0.717, 1.165) is 30.9 Å². The first-order valence-corrected chi connectivity index (χ1v) is 5.06. The van der Waals surface area contributed by atoms with Crippen molar-refractivity contribution in [2.75, 3.05) is 13.1 Å². The second-order valence-electron chi connectivity index (χ2n) is 3.44. The van der Waals surface area contributed by atoms with Crippen LogP contribution >= 0.6 is 0 Å². The number of hydrogen-bond donors (Lipinski definition) is 1. The monoisotopic (exact) mass is 207 g/mol. The molecule has 0 bridgehead atoms. The van der Waals surface area contributed by atoms with Crippen molar-refractivity contribution >= 4 is 12.2 Å². The molecule has 0 aromatic carbocycles. The van der Waals surface area contributed by atoms with Crippen molar-refractivity contribution < 1.29 is 4.79 Å². The Morgan fingerprint density at radius 2 is 2.40 bits per heavy atom. The van der Waals surface area contributed by atoms with Gasteiger partial charge in [0, 0.05) is 18.8 Å². The van der Waals surface area contributed by atoms with Gasteiger partial charge in [0.25, 0.3) is 0 Å². The van der Waals surface area contributed by atoms with E-state index in [9.17, 15) is 4.79 Å². The Labute approximate surface area is 90.4 Å². The maximum Gasteiger partial charge on any atom is 0.321 e. The highest BCUT2D eigenvalue weighted by atomic mass is 16.2. The SMILES string of the molecule is C=C(C)/N=C\C(=C/C)N1CCCNC1=O. The van der Waals surface area contributed by atoms with E-state index < -0.39 is 0 Å². The molecule has 0 saturated carbocycles. The minimum atomic E-state index is -0.0532. The van der Waals surface area contributed by atoms with E-state index in [1.807, 2.05) is 19.9 Å². The van der Waals surface area contributed by atoms with Gasteiger partial charge in [-0.25, -0.2) is 4.79 Å². The standard InChI is InChI=1S/C11H17N3O/c1-4-10(8-13-9(2)3)14-7-5-6-12-11(14)15/h4,8H,2,5-7H2,1,3H3,(H,12,15)/b10-4+,13-8-. The fourth-order valence-electron chi connectivity index (χ4n) is 1.35.